The molecule has 0 bridgehead atoms. The molecule has 2 rings (SSSR count). The fraction of sp³-hybridized carbons (Fsp3) is 0.235. The SMILES string of the molecule is CCOc1ccc(C(=O)NCCc2ccc(O)cc2)cc1. The van der Waals surface area contributed by atoms with Crippen molar-refractivity contribution < 1.29 is 14.6 Å². The van der Waals surface area contributed by atoms with Crippen molar-refractivity contribution in [2.45, 2.75) is 13.3 Å². The Morgan fingerprint density at radius 3 is 2.38 bits per heavy atom. The van der Waals surface area contributed by atoms with Gasteiger partial charge in [0.1, 0.15) is 11.5 Å². The van der Waals surface area contributed by atoms with E-state index < -0.39 is 0 Å². The van der Waals surface area contributed by atoms with Gasteiger partial charge in [-0.15, -0.1) is 0 Å². The highest BCUT2D eigenvalue weighted by atomic mass is 16.5. The first-order valence-corrected chi connectivity index (χ1v) is 6.98. The van der Waals surface area contributed by atoms with Gasteiger partial charge in [-0.2, -0.15) is 0 Å². The molecule has 0 saturated heterocycles. The van der Waals surface area contributed by atoms with Crippen molar-refractivity contribution >= 4 is 5.91 Å². The van der Waals surface area contributed by atoms with Crippen molar-refractivity contribution in [1.29, 1.82) is 0 Å². The molecule has 2 aromatic carbocycles. The topological polar surface area (TPSA) is 58.6 Å². The Hall–Kier alpha value is -2.49. The molecule has 0 spiro atoms. The van der Waals surface area contributed by atoms with E-state index >= 15 is 0 Å². The van der Waals surface area contributed by atoms with Gasteiger partial charge in [0.05, 0.1) is 6.61 Å². The molecular formula is C17H19NO3. The summed E-state index contributed by atoms with van der Waals surface area (Å²) >= 11 is 0. The number of carbonyl (C=O) groups is 1. The zero-order valence-electron chi connectivity index (χ0n) is 12.0. The number of hydrogen-bond donors (Lipinski definition) is 2. The standard InChI is InChI=1S/C17H19NO3/c1-2-21-16-9-5-14(6-10-16)17(20)18-12-11-13-3-7-15(19)8-4-13/h3-10,19H,2,11-12H2,1H3,(H,18,20). The van der Waals surface area contributed by atoms with E-state index in [0.717, 1.165) is 17.7 Å². The van der Waals surface area contributed by atoms with Crippen molar-refractivity contribution in [1.82, 2.24) is 5.32 Å². The normalized spacial score (nSPS) is 10.1. The predicted octanol–water partition coefficient (Wildman–Crippen LogP) is 2.76. The molecule has 0 radical (unpaired) electrons. The number of nitrogens with one attached hydrogen (secondary N) is 1. The van der Waals surface area contributed by atoms with E-state index in [2.05, 4.69) is 5.32 Å². The molecule has 2 N–H and O–H groups in total. The molecular weight excluding hydrogens is 266 g/mol. The Labute approximate surface area is 124 Å². The Morgan fingerprint density at radius 2 is 1.76 bits per heavy atom. The highest BCUT2D eigenvalue weighted by molar-refractivity contribution is 5.94. The maximum atomic E-state index is 12.0. The lowest BCUT2D eigenvalue weighted by Crippen LogP contribution is -2.25. The van der Waals surface area contributed by atoms with Gasteiger partial charge >= 0.3 is 0 Å². The molecule has 0 heterocycles. The minimum absolute atomic E-state index is 0.100. The second-order valence-corrected chi connectivity index (χ2v) is 4.63. The smallest absolute Gasteiger partial charge is 0.251 e. The summed E-state index contributed by atoms with van der Waals surface area (Å²) in [5.74, 6) is 0.909. The average molecular weight is 285 g/mol. The molecule has 110 valence electrons. The lowest BCUT2D eigenvalue weighted by atomic mass is 10.1. The molecule has 4 heteroatoms. The van der Waals surface area contributed by atoms with Crippen LogP contribution in [0.15, 0.2) is 48.5 Å². The van der Waals surface area contributed by atoms with Gasteiger partial charge in [0, 0.05) is 12.1 Å². The van der Waals surface area contributed by atoms with Crippen molar-refractivity contribution in [3.8, 4) is 11.5 Å². The molecule has 0 fully saturated rings. The van der Waals surface area contributed by atoms with Crippen LogP contribution < -0.4 is 10.1 Å². The average Bonchev–Trinajstić information content (AvgIpc) is 2.50. The number of benzene rings is 2. The fourth-order valence-electron chi connectivity index (χ4n) is 1.95. The highest BCUT2D eigenvalue weighted by Crippen LogP contribution is 2.12. The summed E-state index contributed by atoms with van der Waals surface area (Å²) in [5.41, 5.74) is 1.68. The molecule has 0 aromatic heterocycles. The van der Waals surface area contributed by atoms with Crippen LogP contribution in [0.25, 0.3) is 0 Å². The van der Waals surface area contributed by atoms with E-state index in [1.165, 1.54) is 0 Å². The Kier molecular flexibility index (Phi) is 5.21. The van der Waals surface area contributed by atoms with Crippen LogP contribution in [0.2, 0.25) is 0 Å². The third-order valence-corrected chi connectivity index (χ3v) is 3.06. The zero-order valence-corrected chi connectivity index (χ0v) is 12.0. The maximum Gasteiger partial charge on any atom is 0.251 e. The number of ether oxygens (including phenoxy) is 1. The van der Waals surface area contributed by atoms with Gasteiger partial charge in [0.2, 0.25) is 0 Å². The molecule has 21 heavy (non-hydrogen) atoms. The van der Waals surface area contributed by atoms with E-state index in [1.807, 2.05) is 19.1 Å². The lowest BCUT2D eigenvalue weighted by Gasteiger charge is -2.07. The summed E-state index contributed by atoms with van der Waals surface area (Å²) in [6, 6.07) is 14.1. The van der Waals surface area contributed by atoms with Crippen LogP contribution in [0.4, 0.5) is 0 Å². The van der Waals surface area contributed by atoms with Crippen LogP contribution in [0.1, 0.15) is 22.8 Å². The Balaban J connectivity index is 1.82. The van der Waals surface area contributed by atoms with Crippen molar-refractivity contribution in [3.05, 3.63) is 59.7 Å². The quantitative estimate of drug-likeness (QED) is 0.858. The number of hydrogen-bond acceptors (Lipinski definition) is 3. The molecule has 0 unspecified atom stereocenters. The van der Waals surface area contributed by atoms with E-state index in [-0.39, 0.29) is 11.7 Å². The molecule has 0 aliphatic rings. The minimum Gasteiger partial charge on any atom is -0.508 e. The minimum atomic E-state index is -0.100. The van der Waals surface area contributed by atoms with Gasteiger partial charge in [0.25, 0.3) is 5.91 Å². The number of carbonyl (C=O) groups excluding carboxylic acids is 1. The molecule has 0 aliphatic heterocycles. The molecule has 1 amide bonds. The fourth-order valence-corrected chi connectivity index (χ4v) is 1.95. The molecule has 0 aliphatic carbocycles. The third kappa shape index (κ3) is 4.53. The van der Waals surface area contributed by atoms with Crippen LogP contribution in [-0.2, 0) is 6.42 Å². The highest BCUT2D eigenvalue weighted by Gasteiger charge is 2.05. The van der Waals surface area contributed by atoms with Crippen molar-refractivity contribution in [2.75, 3.05) is 13.2 Å². The van der Waals surface area contributed by atoms with Gasteiger partial charge < -0.3 is 15.2 Å². The first-order valence-electron chi connectivity index (χ1n) is 6.98. The number of aromatic hydroxyl groups is 1. The van der Waals surface area contributed by atoms with E-state index in [4.69, 9.17) is 4.74 Å². The summed E-state index contributed by atoms with van der Waals surface area (Å²) in [5, 5.41) is 12.1. The molecule has 0 atom stereocenters. The number of phenolic OH excluding ortho intramolecular Hbond substituents is 1. The second-order valence-electron chi connectivity index (χ2n) is 4.63. The van der Waals surface area contributed by atoms with Gasteiger partial charge in [-0.05, 0) is 55.3 Å². The van der Waals surface area contributed by atoms with Gasteiger partial charge in [-0.3, -0.25) is 4.79 Å². The Morgan fingerprint density at radius 1 is 1.10 bits per heavy atom. The van der Waals surface area contributed by atoms with Crippen LogP contribution in [0.3, 0.4) is 0 Å². The summed E-state index contributed by atoms with van der Waals surface area (Å²) in [6.07, 6.45) is 0.725. The van der Waals surface area contributed by atoms with E-state index in [9.17, 15) is 9.90 Å². The van der Waals surface area contributed by atoms with Gasteiger partial charge in [0.15, 0.2) is 0 Å². The Bertz CT molecular complexity index is 576. The largest absolute Gasteiger partial charge is 0.508 e. The predicted molar refractivity (Wildman–Crippen MR) is 81.8 cm³/mol. The number of amides is 1. The summed E-state index contributed by atoms with van der Waals surface area (Å²) in [7, 11) is 0. The van der Waals surface area contributed by atoms with E-state index in [1.54, 1.807) is 36.4 Å². The first kappa shape index (κ1) is 14.9. The van der Waals surface area contributed by atoms with Crippen LogP contribution in [0, 0.1) is 0 Å². The van der Waals surface area contributed by atoms with Crippen molar-refractivity contribution in [2.24, 2.45) is 0 Å². The third-order valence-electron chi connectivity index (χ3n) is 3.06. The zero-order chi connectivity index (χ0) is 15.1. The van der Waals surface area contributed by atoms with Crippen molar-refractivity contribution in [3.63, 3.8) is 0 Å². The number of phenols is 1. The second kappa shape index (κ2) is 7.33. The van der Waals surface area contributed by atoms with Crippen LogP contribution >= 0.6 is 0 Å². The van der Waals surface area contributed by atoms with E-state index in [0.29, 0.717) is 18.7 Å². The number of rotatable bonds is 6. The lowest BCUT2D eigenvalue weighted by molar-refractivity contribution is 0.0954. The van der Waals surface area contributed by atoms with Crippen LogP contribution in [-0.4, -0.2) is 24.2 Å². The molecule has 4 nitrogen and oxygen atoms in total. The monoisotopic (exact) mass is 285 g/mol. The summed E-state index contributed by atoms with van der Waals surface area (Å²) in [4.78, 5) is 12.0. The summed E-state index contributed by atoms with van der Waals surface area (Å²) in [6.45, 7) is 3.08. The first-order chi connectivity index (χ1) is 10.2. The summed E-state index contributed by atoms with van der Waals surface area (Å²) < 4.78 is 5.34. The van der Waals surface area contributed by atoms with Gasteiger partial charge in [-0.1, -0.05) is 12.1 Å². The van der Waals surface area contributed by atoms with Crippen LogP contribution in [0.5, 0.6) is 11.5 Å². The molecule has 2 aromatic rings. The molecule has 0 saturated carbocycles. The van der Waals surface area contributed by atoms with Gasteiger partial charge in [-0.25, -0.2) is 0 Å². The maximum absolute atomic E-state index is 12.0.